The summed E-state index contributed by atoms with van der Waals surface area (Å²) in [6.45, 7) is 0. The van der Waals surface area contributed by atoms with Gasteiger partial charge in [0.1, 0.15) is 11.6 Å². The topological polar surface area (TPSA) is 29.9 Å². The van der Waals surface area contributed by atoms with Crippen molar-refractivity contribution >= 4 is 5.95 Å². The van der Waals surface area contributed by atoms with E-state index in [0.29, 0.717) is 17.7 Å². The highest BCUT2D eigenvalue weighted by Crippen LogP contribution is 2.25. The van der Waals surface area contributed by atoms with Crippen molar-refractivity contribution in [3.05, 3.63) is 42.2 Å². The summed E-state index contributed by atoms with van der Waals surface area (Å²) in [4.78, 5) is 4.14. The summed E-state index contributed by atoms with van der Waals surface area (Å²) < 4.78 is 27.9. The Morgan fingerprint density at radius 3 is 2.53 bits per heavy atom. The van der Waals surface area contributed by atoms with E-state index in [-0.39, 0.29) is 0 Å². The lowest BCUT2D eigenvalue weighted by molar-refractivity contribution is 0.581. The van der Waals surface area contributed by atoms with Crippen molar-refractivity contribution in [2.24, 2.45) is 0 Å². The van der Waals surface area contributed by atoms with Crippen LogP contribution in [0.25, 0.3) is 5.69 Å². The van der Waals surface area contributed by atoms with Gasteiger partial charge in [0.2, 0.25) is 5.95 Å². The molecule has 1 heterocycles. The molecular weight excluding hydrogens is 224 g/mol. The highest BCUT2D eigenvalue weighted by atomic mass is 19.1. The summed E-state index contributed by atoms with van der Waals surface area (Å²) in [6, 6.07) is 3.86. The van der Waals surface area contributed by atoms with Crippen LogP contribution < -0.4 is 5.32 Å². The van der Waals surface area contributed by atoms with Gasteiger partial charge in [-0.1, -0.05) is 0 Å². The second-order valence-electron chi connectivity index (χ2n) is 4.17. The molecule has 0 saturated heterocycles. The van der Waals surface area contributed by atoms with Gasteiger partial charge in [0.05, 0.1) is 5.69 Å². The highest BCUT2D eigenvalue weighted by molar-refractivity contribution is 5.43. The van der Waals surface area contributed by atoms with Crippen LogP contribution in [-0.2, 0) is 0 Å². The molecule has 0 amide bonds. The van der Waals surface area contributed by atoms with Crippen LogP contribution in [-0.4, -0.2) is 15.6 Å². The van der Waals surface area contributed by atoms with Crippen molar-refractivity contribution in [1.29, 1.82) is 0 Å². The van der Waals surface area contributed by atoms with Crippen LogP contribution in [0.5, 0.6) is 0 Å². The number of nitrogens with one attached hydrogen (secondary N) is 1. The van der Waals surface area contributed by atoms with Gasteiger partial charge in [0, 0.05) is 24.5 Å². The summed E-state index contributed by atoms with van der Waals surface area (Å²) >= 11 is 0. The number of benzene rings is 1. The number of imidazole rings is 1. The molecule has 0 spiro atoms. The molecule has 1 aromatic carbocycles. The highest BCUT2D eigenvalue weighted by Gasteiger charge is 2.22. The molecule has 3 rings (SSSR count). The lowest BCUT2D eigenvalue weighted by atomic mass is 10.3. The minimum absolute atomic E-state index is 0.433. The largest absolute Gasteiger partial charge is 0.353 e. The zero-order valence-electron chi connectivity index (χ0n) is 9.03. The van der Waals surface area contributed by atoms with Gasteiger partial charge in [0.25, 0.3) is 0 Å². The van der Waals surface area contributed by atoms with Crippen LogP contribution >= 0.6 is 0 Å². The van der Waals surface area contributed by atoms with E-state index >= 15 is 0 Å². The number of anilines is 1. The Kier molecular flexibility index (Phi) is 2.31. The molecule has 0 atom stereocenters. The van der Waals surface area contributed by atoms with E-state index < -0.39 is 11.6 Å². The lowest BCUT2D eigenvalue weighted by Gasteiger charge is -2.09. The Morgan fingerprint density at radius 2 is 1.88 bits per heavy atom. The van der Waals surface area contributed by atoms with Crippen molar-refractivity contribution in [3.8, 4) is 5.69 Å². The second-order valence-corrected chi connectivity index (χ2v) is 4.17. The Hall–Kier alpha value is -1.91. The summed E-state index contributed by atoms with van der Waals surface area (Å²) in [5, 5.41) is 3.21. The van der Waals surface area contributed by atoms with Gasteiger partial charge in [-0.2, -0.15) is 0 Å². The van der Waals surface area contributed by atoms with E-state index in [1.54, 1.807) is 17.0 Å². The first-order valence-corrected chi connectivity index (χ1v) is 5.49. The van der Waals surface area contributed by atoms with Crippen molar-refractivity contribution in [2.75, 3.05) is 5.32 Å². The van der Waals surface area contributed by atoms with Crippen molar-refractivity contribution in [2.45, 2.75) is 18.9 Å². The van der Waals surface area contributed by atoms with Crippen LogP contribution in [0.3, 0.4) is 0 Å². The molecule has 2 aromatic rings. The van der Waals surface area contributed by atoms with Gasteiger partial charge >= 0.3 is 0 Å². The summed E-state index contributed by atoms with van der Waals surface area (Å²) in [7, 11) is 0. The number of hydrogen-bond acceptors (Lipinski definition) is 2. The third-order valence-electron chi connectivity index (χ3n) is 2.68. The van der Waals surface area contributed by atoms with E-state index in [1.165, 1.54) is 12.1 Å². The SMILES string of the molecule is Fc1cc(F)cc(-n2ccnc2NC2CC2)c1. The second kappa shape index (κ2) is 3.84. The zero-order valence-corrected chi connectivity index (χ0v) is 9.03. The maximum absolute atomic E-state index is 13.1. The van der Waals surface area contributed by atoms with Crippen molar-refractivity contribution in [1.82, 2.24) is 9.55 Å². The molecule has 17 heavy (non-hydrogen) atoms. The Labute approximate surface area is 97.1 Å². The van der Waals surface area contributed by atoms with Crippen molar-refractivity contribution < 1.29 is 8.78 Å². The monoisotopic (exact) mass is 235 g/mol. The third kappa shape index (κ3) is 2.13. The van der Waals surface area contributed by atoms with Gasteiger partial charge in [-0.3, -0.25) is 4.57 Å². The predicted octanol–water partition coefficient (Wildman–Crippen LogP) is 2.72. The molecule has 0 unspecified atom stereocenters. The van der Waals surface area contributed by atoms with Gasteiger partial charge in [-0.15, -0.1) is 0 Å². The van der Waals surface area contributed by atoms with Crippen molar-refractivity contribution in [3.63, 3.8) is 0 Å². The molecular formula is C12H11F2N3. The summed E-state index contributed by atoms with van der Waals surface area (Å²) in [5.41, 5.74) is 0.433. The molecule has 1 fully saturated rings. The Morgan fingerprint density at radius 1 is 1.18 bits per heavy atom. The first-order chi connectivity index (χ1) is 8.22. The van der Waals surface area contributed by atoms with E-state index in [2.05, 4.69) is 10.3 Å². The third-order valence-corrected chi connectivity index (χ3v) is 2.68. The minimum atomic E-state index is -0.592. The predicted molar refractivity (Wildman–Crippen MR) is 60.1 cm³/mol. The average Bonchev–Trinajstić information content (AvgIpc) is 2.93. The molecule has 88 valence electrons. The normalized spacial score (nSPS) is 14.9. The van der Waals surface area contributed by atoms with Crippen LogP contribution in [0.15, 0.2) is 30.6 Å². The smallest absolute Gasteiger partial charge is 0.207 e. The van der Waals surface area contributed by atoms with Crippen LogP contribution in [0.4, 0.5) is 14.7 Å². The van der Waals surface area contributed by atoms with Gasteiger partial charge in [-0.05, 0) is 25.0 Å². The standard InChI is InChI=1S/C12H11F2N3/c13-8-5-9(14)7-11(6-8)17-4-3-15-12(17)16-10-1-2-10/h3-7,10H,1-2H2,(H,15,16). The maximum Gasteiger partial charge on any atom is 0.207 e. The van der Waals surface area contributed by atoms with E-state index in [0.717, 1.165) is 18.9 Å². The van der Waals surface area contributed by atoms with Crippen LogP contribution in [0.1, 0.15) is 12.8 Å². The fourth-order valence-electron chi connectivity index (χ4n) is 1.71. The summed E-state index contributed by atoms with van der Waals surface area (Å²) in [5.74, 6) is -0.561. The number of aromatic nitrogens is 2. The molecule has 0 aliphatic heterocycles. The number of nitrogens with zero attached hydrogens (tertiary/aromatic N) is 2. The fourth-order valence-corrected chi connectivity index (χ4v) is 1.71. The molecule has 0 bridgehead atoms. The zero-order chi connectivity index (χ0) is 11.8. The molecule has 3 nitrogen and oxygen atoms in total. The number of hydrogen-bond donors (Lipinski definition) is 1. The maximum atomic E-state index is 13.1. The molecule has 1 N–H and O–H groups in total. The first kappa shape index (κ1) is 10.3. The van der Waals surface area contributed by atoms with E-state index in [4.69, 9.17) is 0 Å². The summed E-state index contributed by atoms with van der Waals surface area (Å²) in [6.07, 6.45) is 5.52. The number of rotatable bonds is 3. The van der Waals surface area contributed by atoms with Gasteiger partial charge < -0.3 is 5.32 Å². The lowest BCUT2D eigenvalue weighted by Crippen LogP contribution is -2.08. The fraction of sp³-hybridized carbons (Fsp3) is 0.250. The molecule has 1 aliphatic carbocycles. The molecule has 1 aliphatic rings. The number of halogens is 2. The van der Waals surface area contributed by atoms with Crippen LogP contribution in [0, 0.1) is 11.6 Å². The van der Waals surface area contributed by atoms with Crippen LogP contribution in [0.2, 0.25) is 0 Å². The van der Waals surface area contributed by atoms with Gasteiger partial charge in [-0.25, -0.2) is 13.8 Å². The molecule has 1 saturated carbocycles. The quantitative estimate of drug-likeness (QED) is 0.886. The van der Waals surface area contributed by atoms with E-state index in [9.17, 15) is 8.78 Å². The Bertz CT molecular complexity index is 526. The van der Waals surface area contributed by atoms with Gasteiger partial charge in [0.15, 0.2) is 0 Å². The first-order valence-electron chi connectivity index (χ1n) is 5.49. The molecule has 1 aromatic heterocycles. The minimum Gasteiger partial charge on any atom is -0.353 e. The average molecular weight is 235 g/mol. The molecule has 5 heteroatoms. The molecule has 0 radical (unpaired) electrons. The van der Waals surface area contributed by atoms with E-state index in [1.807, 2.05) is 0 Å². The Balaban J connectivity index is 1.98.